The fourth-order valence-electron chi connectivity index (χ4n) is 3.73. The van der Waals surface area contributed by atoms with E-state index in [1.54, 1.807) is 0 Å². The monoisotopic (exact) mass is 293 g/mol. The van der Waals surface area contributed by atoms with Gasteiger partial charge in [-0.15, -0.1) is 11.3 Å². The second-order valence-corrected chi connectivity index (χ2v) is 7.66. The molecule has 3 nitrogen and oxygen atoms in total. The van der Waals surface area contributed by atoms with Crippen LogP contribution in [-0.2, 0) is 6.54 Å². The minimum absolute atomic E-state index is 0.734. The summed E-state index contributed by atoms with van der Waals surface area (Å²) >= 11 is 1.83. The van der Waals surface area contributed by atoms with E-state index in [0.717, 1.165) is 30.1 Å². The Hall–Kier alpha value is -0.610. The maximum atomic E-state index is 4.47. The lowest BCUT2D eigenvalue weighted by molar-refractivity contribution is 0.104. The standard InChI is InChI=1S/C16H27N3S/c1-2-9-17-15-18-12-14(20-15)13-19-10-7-16(8-11-19)5-3-4-6-16/h12H,2-11,13H2,1H3,(H,17,18). The van der Waals surface area contributed by atoms with Crippen molar-refractivity contribution in [2.45, 2.75) is 58.4 Å². The molecule has 1 aromatic rings. The van der Waals surface area contributed by atoms with Crippen molar-refractivity contribution in [1.82, 2.24) is 9.88 Å². The van der Waals surface area contributed by atoms with Crippen molar-refractivity contribution in [3.63, 3.8) is 0 Å². The van der Waals surface area contributed by atoms with Crippen molar-refractivity contribution in [1.29, 1.82) is 0 Å². The zero-order chi connectivity index (χ0) is 13.8. The molecular weight excluding hydrogens is 266 g/mol. The van der Waals surface area contributed by atoms with Gasteiger partial charge < -0.3 is 5.32 Å². The zero-order valence-corrected chi connectivity index (χ0v) is 13.5. The van der Waals surface area contributed by atoms with Crippen molar-refractivity contribution in [2.24, 2.45) is 5.41 Å². The van der Waals surface area contributed by atoms with Crippen LogP contribution in [-0.4, -0.2) is 29.5 Å². The van der Waals surface area contributed by atoms with Crippen LogP contribution in [0.5, 0.6) is 0 Å². The van der Waals surface area contributed by atoms with Crippen LogP contribution in [0.4, 0.5) is 5.13 Å². The molecule has 0 bridgehead atoms. The minimum atomic E-state index is 0.734. The molecule has 20 heavy (non-hydrogen) atoms. The summed E-state index contributed by atoms with van der Waals surface area (Å²) in [4.78, 5) is 8.50. The van der Waals surface area contributed by atoms with Gasteiger partial charge in [-0.3, -0.25) is 4.90 Å². The number of nitrogens with zero attached hydrogens (tertiary/aromatic N) is 2. The predicted molar refractivity (Wildman–Crippen MR) is 86.3 cm³/mol. The van der Waals surface area contributed by atoms with E-state index in [4.69, 9.17) is 0 Å². The summed E-state index contributed by atoms with van der Waals surface area (Å²) in [5.41, 5.74) is 0.734. The van der Waals surface area contributed by atoms with Crippen LogP contribution in [0.2, 0.25) is 0 Å². The molecule has 0 unspecified atom stereocenters. The summed E-state index contributed by atoms with van der Waals surface area (Å²) in [6.07, 6.45) is 12.0. The number of thiazole rings is 1. The van der Waals surface area contributed by atoms with Crippen LogP contribution in [0, 0.1) is 5.41 Å². The van der Waals surface area contributed by atoms with Crippen LogP contribution in [0.25, 0.3) is 0 Å². The van der Waals surface area contributed by atoms with E-state index in [0.29, 0.717) is 0 Å². The van der Waals surface area contributed by atoms with Gasteiger partial charge in [-0.25, -0.2) is 4.98 Å². The topological polar surface area (TPSA) is 28.2 Å². The second kappa shape index (κ2) is 6.44. The Morgan fingerprint density at radius 2 is 2.00 bits per heavy atom. The molecule has 2 aliphatic rings. The number of nitrogens with one attached hydrogen (secondary N) is 1. The van der Waals surface area contributed by atoms with E-state index in [-0.39, 0.29) is 0 Å². The lowest BCUT2D eigenvalue weighted by atomic mass is 9.77. The molecule has 2 fully saturated rings. The first kappa shape index (κ1) is 14.3. The highest BCUT2D eigenvalue weighted by molar-refractivity contribution is 7.15. The third-order valence-corrected chi connectivity index (χ3v) is 5.98. The van der Waals surface area contributed by atoms with Crippen molar-refractivity contribution in [2.75, 3.05) is 25.0 Å². The third kappa shape index (κ3) is 3.34. The highest BCUT2D eigenvalue weighted by atomic mass is 32.1. The first-order chi connectivity index (χ1) is 9.80. The smallest absolute Gasteiger partial charge is 0.182 e. The molecule has 0 radical (unpaired) electrons. The van der Waals surface area contributed by atoms with E-state index in [9.17, 15) is 0 Å². The summed E-state index contributed by atoms with van der Waals surface area (Å²) in [7, 11) is 0. The first-order valence-corrected chi connectivity index (χ1v) is 9.02. The largest absolute Gasteiger partial charge is 0.362 e. The molecule has 1 saturated heterocycles. The second-order valence-electron chi connectivity index (χ2n) is 6.54. The number of hydrogen-bond acceptors (Lipinski definition) is 4. The van der Waals surface area contributed by atoms with Crippen molar-refractivity contribution >= 4 is 16.5 Å². The Labute approximate surface area is 126 Å². The predicted octanol–water partition coefficient (Wildman–Crippen LogP) is 4.12. The van der Waals surface area contributed by atoms with Gasteiger partial charge in [0.2, 0.25) is 0 Å². The molecule has 1 aromatic heterocycles. The molecule has 2 heterocycles. The summed E-state index contributed by atoms with van der Waals surface area (Å²) in [6, 6.07) is 0. The van der Waals surface area contributed by atoms with Crippen molar-refractivity contribution in [3.05, 3.63) is 11.1 Å². The summed E-state index contributed by atoms with van der Waals surface area (Å²) in [6.45, 7) is 6.89. The van der Waals surface area contributed by atoms with Crippen LogP contribution < -0.4 is 5.32 Å². The van der Waals surface area contributed by atoms with Gasteiger partial charge in [0.15, 0.2) is 5.13 Å². The summed E-state index contributed by atoms with van der Waals surface area (Å²) in [5, 5.41) is 4.47. The van der Waals surface area contributed by atoms with Gasteiger partial charge >= 0.3 is 0 Å². The van der Waals surface area contributed by atoms with E-state index in [2.05, 4.69) is 28.3 Å². The minimum Gasteiger partial charge on any atom is -0.362 e. The molecule has 0 atom stereocenters. The van der Waals surface area contributed by atoms with Crippen LogP contribution in [0.3, 0.4) is 0 Å². The fourth-order valence-corrected chi connectivity index (χ4v) is 4.61. The van der Waals surface area contributed by atoms with Crippen molar-refractivity contribution in [3.8, 4) is 0 Å². The maximum Gasteiger partial charge on any atom is 0.182 e. The lowest BCUT2D eigenvalue weighted by Gasteiger charge is -2.39. The number of piperidine rings is 1. The molecule has 112 valence electrons. The Kier molecular flexibility index (Phi) is 4.61. The van der Waals surface area contributed by atoms with Gasteiger partial charge in [0.1, 0.15) is 0 Å². The molecule has 1 saturated carbocycles. The fraction of sp³-hybridized carbons (Fsp3) is 0.812. The number of aromatic nitrogens is 1. The highest BCUT2D eigenvalue weighted by Gasteiger charge is 2.36. The summed E-state index contributed by atoms with van der Waals surface area (Å²) in [5.74, 6) is 0. The number of hydrogen-bond donors (Lipinski definition) is 1. The normalized spacial score (nSPS) is 22.4. The van der Waals surface area contributed by atoms with Gasteiger partial charge in [-0.05, 0) is 50.6 Å². The molecule has 0 amide bonds. The van der Waals surface area contributed by atoms with Gasteiger partial charge in [0.05, 0.1) is 0 Å². The van der Waals surface area contributed by atoms with Gasteiger partial charge in [-0.2, -0.15) is 0 Å². The van der Waals surface area contributed by atoms with E-state index in [1.165, 1.54) is 56.5 Å². The molecule has 3 rings (SSSR count). The Balaban J connectivity index is 1.48. The number of rotatable bonds is 5. The SMILES string of the molecule is CCCNc1ncc(CN2CCC3(CCCC3)CC2)s1. The van der Waals surface area contributed by atoms with Crippen LogP contribution in [0.1, 0.15) is 56.7 Å². The molecule has 1 N–H and O–H groups in total. The Morgan fingerprint density at radius 3 is 2.70 bits per heavy atom. The molecule has 0 aromatic carbocycles. The molecular formula is C16H27N3S. The molecule has 1 spiro atoms. The third-order valence-electron chi connectivity index (χ3n) is 5.04. The van der Waals surface area contributed by atoms with Crippen LogP contribution >= 0.6 is 11.3 Å². The first-order valence-electron chi connectivity index (χ1n) is 8.21. The molecule has 1 aliphatic carbocycles. The molecule has 4 heteroatoms. The van der Waals surface area contributed by atoms with Gasteiger partial charge in [0, 0.05) is 24.2 Å². The highest BCUT2D eigenvalue weighted by Crippen LogP contribution is 2.46. The number of anilines is 1. The molecule has 1 aliphatic heterocycles. The maximum absolute atomic E-state index is 4.47. The Bertz CT molecular complexity index is 413. The lowest BCUT2D eigenvalue weighted by Crippen LogP contribution is -2.38. The van der Waals surface area contributed by atoms with Crippen molar-refractivity contribution < 1.29 is 0 Å². The average Bonchev–Trinajstić information content (AvgIpc) is 3.09. The van der Waals surface area contributed by atoms with E-state index < -0.39 is 0 Å². The zero-order valence-electron chi connectivity index (χ0n) is 12.7. The summed E-state index contributed by atoms with van der Waals surface area (Å²) < 4.78 is 0. The van der Waals surface area contributed by atoms with Crippen LogP contribution in [0.15, 0.2) is 6.20 Å². The van der Waals surface area contributed by atoms with Gasteiger partial charge in [-0.1, -0.05) is 19.8 Å². The van der Waals surface area contributed by atoms with E-state index in [1.807, 2.05) is 11.3 Å². The Morgan fingerprint density at radius 1 is 1.25 bits per heavy atom. The average molecular weight is 293 g/mol. The quantitative estimate of drug-likeness (QED) is 0.885. The van der Waals surface area contributed by atoms with Gasteiger partial charge in [0.25, 0.3) is 0 Å². The van der Waals surface area contributed by atoms with E-state index >= 15 is 0 Å². The number of likely N-dealkylation sites (tertiary alicyclic amines) is 1.